The zero-order valence-electron chi connectivity index (χ0n) is 22.1. The predicted octanol–water partition coefficient (Wildman–Crippen LogP) is 7.75. The molecule has 3 aromatic heterocycles. The highest BCUT2D eigenvalue weighted by molar-refractivity contribution is 6.00. The summed E-state index contributed by atoms with van der Waals surface area (Å²) in [6, 6.07) is 25.1. The molecule has 0 aliphatic heterocycles. The van der Waals surface area contributed by atoms with Gasteiger partial charge in [-0.05, 0) is 54.6 Å². The molecular formula is C31H22F3N7O. The third-order valence-electron chi connectivity index (χ3n) is 6.43. The third kappa shape index (κ3) is 5.52. The number of nitrogens with one attached hydrogen (secondary N) is 2. The normalized spacial score (nSPS) is 11.3. The molecule has 11 heteroatoms. The number of ether oxygens (including phenoxy) is 1. The van der Waals surface area contributed by atoms with Gasteiger partial charge in [0.2, 0.25) is 11.8 Å². The summed E-state index contributed by atoms with van der Waals surface area (Å²) in [6.07, 6.45) is -1.10. The SMILES string of the molecule is CNc1nccc(-c2cccnc2Oc2ccc(Nc3nnc(-c4ccc(C(F)(F)F)cc4)c4ccccc34)cc2)n1. The van der Waals surface area contributed by atoms with Crippen LogP contribution >= 0.6 is 0 Å². The summed E-state index contributed by atoms with van der Waals surface area (Å²) in [6.45, 7) is 0. The molecule has 208 valence electrons. The zero-order valence-corrected chi connectivity index (χ0v) is 22.1. The Balaban J connectivity index is 1.24. The van der Waals surface area contributed by atoms with Gasteiger partial charge in [-0.1, -0.05) is 36.4 Å². The number of hydrogen-bond acceptors (Lipinski definition) is 8. The van der Waals surface area contributed by atoms with E-state index in [1.165, 1.54) is 12.1 Å². The first kappa shape index (κ1) is 26.6. The number of hydrogen-bond donors (Lipinski definition) is 2. The Kier molecular flexibility index (Phi) is 7.05. The number of fused-ring (bicyclic) bond motifs is 1. The van der Waals surface area contributed by atoms with Crippen LogP contribution in [-0.4, -0.2) is 32.2 Å². The van der Waals surface area contributed by atoms with Gasteiger partial charge in [-0.15, -0.1) is 10.2 Å². The Morgan fingerprint density at radius 2 is 1.50 bits per heavy atom. The van der Waals surface area contributed by atoms with Gasteiger partial charge in [-0.25, -0.2) is 15.0 Å². The van der Waals surface area contributed by atoms with Crippen molar-refractivity contribution in [1.82, 2.24) is 25.1 Å². The lowest BCUT2D eigenvalue weighted by molar-refractivity contribution is -0.137. The van der Waals surface area contributed by atoms with Crippen LogP contribution < -0.4 is 15.4 Å². The Morgan fingerprint density at radius 1 is 0.738 bits per heavy atom. The maximum atomic E-state index is 13.0. The van der Waals surface area contributed by atoms with Gasteiger partial charge in [0.15, 0.2) is 5.82 Å². The van der Waals surface area contributed by atoms with E-state index in [-0.39, 0.29) is 0 Å². The van der Waals surface area contributed by atoms with Crippen LogP contribution in [0.25, 0.3) is 33.3 Å². The van der Waals surface area contributed by atoms with Gasteiger partial charge in [-0.2, -0.15) is 13.2 Å². The summed E-state index contributed by atoms with van der Waals surface area (Å²) in [5, 5.41) is 16.4. The number of alkyl halides is 3. The van der Waals surface area contributed by atoms with E-state index < -0.39 is 11.7 Å². The fourth-order valence-corrected chi connectivity index (χ4v) is 4.38. The summed E-state index contributed by atoms with van der Waals surface area (Å²) in [4.78, 5) is 13.0. The average Bonchev–Trinajstić information content (AvgIpc) is 3.02. The van der Waals surface area contributed by atoms with Gasteiger partial charge < -0.3 is 15.4 Å². The molecule has 0 amide bonds. The molecule has 8 nitrogen and oxygen atoms in total. The minimum absolute atomic E-state index is 0.398. The van der Waals surface area contributed by atoms with Gasteiger partial charge in [0.25, 0.3) is 0 Å². The van der Waals surface area contributed by atoms with E-state index in [9.17, 15) is 13.2 Å². The molecule has 0 saturated heterocycles. The van der Waals surface area contributed by atoms with Crippen LogP contribution in [0.2, 0.25) is 0 Å². The Morgan fingerprint density at radius 3 is 2.24 bits per heavy atom. The molecule has 0 aliphatic carbocycles. The third-order valence-corrected chi connectivity index (χ3v) is 6.43. The smallest absolute Gasteiger partial charge is 0.416 e. The number of anilines is 3. The van der Waals surface area contributed by atoms with Crippen LogP contribution in [0.5, 0.6) is 11.6 Å². The fraction of sp³-hybridized carbons (Fsp3) is 0.0645. The van der Waals surface area contributed by atoms with Crippen molar-refractivity contribution in [1.29, 1.82) is 0 Å². The van der Waals surface area contributed by atoms with E-state index in [0.717, 1.165) is 28.6 Å². The zero-order chi connectivity index (χ0) is 29.1. The van der Waals surface area contributed by atoms with Crippen molar-refractivity contribution in [2.75, 3.05) is 17.7 Å². The van der Waals surface area contributed by atoms with E-state index in [1.54, 1.807) is 37.6 Å². The van der Waals surface area contributed by atoms with Crippen molar-refractivity contribution >= 4 is 28.2 Å². The van der Waals surface area contributed by atoms with Gasteiger partial charge in [-0.3, -0.25) is 0 Å². The topological polar surface area (TPSA) is 97.7 Å². The van der Waals surface area contributed by atoms with E-state index in [1.807, 2.05) is 48.5 Å². The van der Waals surface area contributed by atoms with Crippen molar-refractivity contribution in [3.05, 3.63) is 109 Å². The molecule has 3 heterocycles. The molecule has 0 radical (unpaired) electrons. The number of nitrogens with zero attached hydrogens (tertiary/aromatic N) is 5. The van der Waals surface area contributed by atoms with E-state index >= 15 is 0 Å². The molecule has 6 aromatic rings. The average molecular weight is 566 g/mol. The molecule has 0 spiro atoms. The molecule has 6 rings (SSSR count). The van der Waals surface area contributed by atoms with Crippen molar-refractivity contribution in [2.45, 2.75) is 6.18 Å². The number of pyridine rings is 1. The summed E-state index contributed by atoms with van der Waals surface area (Å²) >= 11 is 0. The first-order chi connectivity index (χ1) is 20.4. The first-order valence-electron chi connectivity index (χ1n) is 12.8. The Hall–Kier alpha value is -5.58. The van der Waals surface area contributed by atoms with Crippen LogP contribution in [0.1, 0.15) is 5.56 Å². The van der Waals surface area contributed by atoms with Crippen LogP contribution in [0, 0.1) is 0 Å². The summed E-state index contributed by atoms with van der Waals surface area (Å²) in [5.41, 5.74) is 2.43. The van der Waals surface area contributed by atoms with Crippen LogP contribution in [-0.2, 0) is 6.18 Å². The van der Waals surface area contributed by atoms with Crippen molar-refractivity contribution in [3.63, 3.8) is 0 Å². The van der Waals surface area contributed by atoms with Gasteiger partial charge in [0.05, 0.1) is 16.8 Å². The van der Waals surface area contributed by atoms with Gasteiger partial charge >= 0.3 is 6.18 Å². The molecule has 2 N–H and O–H groups in total. The second-order valence-electron chi connectivity index (χ2n) is 9.14. The lowest BCUT2D eigenvalue weighted by atomic mass is 10.0. The number of aromatic nitrogens is 5. The van der Waals surface area contributed by atoms with E-state index in [2.05, 4.69) is 35.8 Å². The van der Waals surface area contributed by atoms with Crippen LogP contribution in [0.15, 0.2) is 103 Å². The molecule has 0 atom stereocenters. The molecule has 0 unspecified atom stereocenters. The molecular weight excluding hydrogens is 543 g/mol. The standard InChI is InChI=1S/C31H22F3N7O/c1-35-30-37-18-16-26(39-30)25-7-4-17-36-29(25)42-22-14-12-21(13-15-22)38-28-24-6-3-2-5-23(24)27(40-41-28)19-8-10-20(11-9-19)31(32,33)34/h2-18H,1H3,(H,38,41)(H,35,37,39). The summed E-state index contributed by atoms with van der Waals surface area (Å²) < 4.78 is 45.2. The molecule has 0 saturated carbocycles. The molecule has 0 fully saturated rings. The second kappa shape index (κ2) is 11.1. The Bertz CT molecular complexity index is 1860. The minimum atomic E-state index is -4.41. The maximum absolute atomic E-state index is 13.0. The molecule has 42 heavy (non-hydrogen) atoms. The van der Waals surface area contributed by atoms with Crippen LogP contribution in [0.4, 0.5) is 30.6 Å². The molecule has 3 aromatic carbocycles. The highest BCUT2D eigenvalue weighted by atomic mass is 19.4. The lowest BCUT2D eigenvalue weighted by Gasteiger charge is -2.13. The highest BCUT2D eigenvalue weighted by Gasteiger charge is 2.30. The minimum Gasteiger partial charge on any atom is -0.438 e. The fourth-order valence-electron chi connectivity index (χ4n) is 4.38. The largest absolute Gasteiger partial charge is 0.438 e. The predicted molar refractivity (Wildman–Crippen MR) is 155 cm³/mol. The molecule has 0 bridgehead atoms. The second-order valence-corrected chi connectivity index (χ2v) is 9.14. The quantitative estimate of drug-likeness (QED) is 0.203. The van der Waals surface area contributed by atoms with Crippen molar-refractivity contribution in [3.8, 4) is 34.1 Å². The number of halogens is 3. The monoisotopic (exact) mass is 565 g/mol. The van der Waals surface area contributed by atoms with Crippen molar-refractivity contribution < 1.29 is 17.9 Å². The maximum Gasteiger partial charge on any atom is 0.416 e. The first-order valence-corrected chi connectivity index (χ1v) is 12.8. The molecule has 0 aliphatic rings. The highest BCUT2D eigenvalue weighted by Crippen LogP contribution is 2.35. The van der Waals surface area contributed by atoms with Gasteiger partial charge in [0.1, 0.15) is 11.4 Å². The van der Waals surface area contributed by atoms with Gasteiger partial charge in [0, 0.05) is 41.5 Å². The summed E-state index contributed by atoms with van der Waals surface area (Å²) in [5.74, 6) is 1.96. The van der Waals surface area contributed by atoms with E-state index in [4.69, 9.17) is 4.74 Å². The lowest BCUT2D eigenvalue weighted by Crippen LogP contribution is -2.04. The van der Waals surface area contributed by atoms with Crippen LogP contribution in [0.3, 0.4) is 0 Å². The van der Waals surface area contributed by atoms with Crippen molar-refractivity contribution in [2.24, 2.45) is 0 Å². The number of rotatable bonds is 7. The Labute approximate surface area is 238 Å². The summed E-state index contributed by atoms with van der Waals surface area (Å²) in [7, 11) is 1.75. The number of benzene rings is 3. The van der Waals surface area contributed by atoms with E-state index in [0.29, 0.717) is 45.9 Å².